The molecule has 0 fully saturated rings. The molecular weight excluding hydrogens is 334 g/mol. The van der Waals surface area contributed by atoms with Crippen molar-refractivity contribution in [3.05, 3.63) is 102 Å². The Kier molecular flexibility index (Phi) is 6.02. The number of carbonyl (C=O) groups excluding carboxylic acids is 1. The summed E-state index contributed by atoms with van der Waals surface area (Å²) in [6, 6.07) is 29.0. The molecule has 134 valence electrons. The Hall–Kier alpha value is -3.38. The standard InChI is InChI=1S/C24H21NO2/c1-27-21-14-12-20(13-15-21)24(26)16-22(18-8-4-2-5-9-18)23(17-25)19-10-6-3-7-11-19/h2-15,22-23H,16H2,1H3/t22-,23-/m0/s1. The Morgan fingerprint density at radius 2 is 1.44 bits per heavy atom. The highest BCUT2D eigenvalue weighted by atomic mass is 16.5. The molecule has 0 heterocycles. The molecule has 3 rings (SSSR count). The zero-order valence-electron chi connectivity index (χ0n) is 15.2. The van der Waals surface area contributed by atoms with Gasteiger partial charge in [0, 0.05) is 17.9 Å². The number of nitriles is 1. The number of benzene rings is 3. The molecule has 3 nitrogen and oxygen atoms in total. The number of Topliss-reactive ketones (excluding diaryl/α,β-unsaturated/α-hetero) is 1. The van der Waals surface area contributed by atoms with Crippen molar-refractivity contribution in [2.24, 2.45) is 0 Å². The highest BCUT2D eigenvalue weighted by Crippen LogP contribution is 2.36. The van der Waals surface area contributed by atoms with Crippen LogP contribution in [0.2, 0.25) is 0 Å². The fourth-order valence-corrected chi connectivity index (χ4v) is 3.28. The molecule has 0 bridgehead atoms. The minimum Gasteiger partial charge on any atom is -0.497 e. The van der Waals surface area contributed by atoms with Crippen LogP contribution in [-0.4, -0.2) is 12.9 Å². The molecule has 0 saturated carbocycles. The molecule has 0 radical (unpaired) electrons. The summed E-state index contributed by atoms with van der Waals surface area (Å²) in [4.78, 5) is 12.9. The van der Waals surface area contributed by atoms with Gasteiger partial charge in [-0.3, -0.25) is 4.79 Å². The lowest BCUT2D eigenvalue weighted by Crippen LogP contribution is -2.15. The second-order valence-electron chi connectivity index (χ2n) is 6.39. The number of ketones is 1. The van der Waals surface area contributed by atoms with Gasteiger partial charge in [-0.05, 0) is 35.4 Å². The Labute approximate surface area is 159 Å². The highest BCUT2D eigenvalue weighted by Gasteiger charge is 2.27. The summed E-state index contributed by atoms with van der Waals surface area (Å²) in [5.74, 6) is 0.122. The molecule has 3 aromatic rings. The van der Waals surface area contributed by atoms with Gasteiger partial charge in [-0.2, -0.15) is 5.26 Å². The van der Waals surface area contributed by atoms with Gasteiger partial charge in [0.1, 0.15) is 5.75 Å². The number of rotatable bonds is 7. The minimum absolute atomic E-state index is 0.0164. The molecule has 0 aliphatic carbocycles. The average molecular weight is 355 g/mol. The van der Waals surface area contributed by atoms with Crippen LogP contribution in [0, 0.1) is 11.3 Å². The van der Waals surface area contributed by atoms with Crippen molar-refractivity contribution in [3.63, 3.8) is 0 Å². The molecule has 0 aliphatic rings. The smallest absolute Gasteiger partial charge is 0.163 e. The molecule has 0 spiro atoms. The van der Waals surface area contributed by atoms with E-state index in [1.807, 2.05) is 60.7 Å². The number of hydrogen-bond donors (Lipinski definition) is 0. The van der Waals surface area contributed by atoms with E-state index in [-0.39, 0.29) is 18.1 Å². The van der Waals surface area contributed by atoms with Crippen LogP contribution in [0.3, 0.4) is 0 Å². The van der Waals surface area contributed by atoms with E-state index in [9.17, 15) is 10.1 Å². The molecule has 2 atom stereocenters. The lowest BCUT2D eigenvalue weighted by Gasteiger charge is -2.22. The van der Waals surface area contributed by atoms with E-state index in [0.29, 0.717) is 11.3 Å². The summed E-state index contributed by atoms with van der Waals surface area (Å²) in [6.45, 7) is 0. The monoisotopic (exact) mass is 355 g/mol. The van der Waals surface area contributed by atoms with Crippen LogP contribution < -0.4 is 4.74 Å². The largest absolute Gasteiger partial charge is 0.497 e. The summed E-state index contributed by atoms with van der Waals surface area (Å²) in [7, 11) is 1.60. The van der Waals surface area contributed by atoms with Crippen LogP contribution in [0.25, 0.3) is 0 Å². The first-order valence-corrected chi connectivity index (χ1v) is 8.89. The molecule has 27 heavy (non-hydrogen) atoms. The number of ether oxygens (including phenoxy) is 1. The first-order chi connectivity index (χ1) is 13.2. The molecule has 0 N–H and O–H groups in total. The fraction of sp³-hybridized carbons (Fsp3) is 0.167. The third-order valence-electron chi connectivity index (χ3n) is 4.75. The molecule has 3 aromatic carbocycles. The lowest BCUT2D eigenvalue weighted by molar-refractivity contribution is 0.0971. The maximum Gasteiger partial charge on any atom is 0.163 e. The molecule has 0 aromatic heterocycles. The third-order valence-corrected chi connectivity index (χ3v) is 4.75. The lowest BCUT2D eigenvalue weighted by atomic mass is 9.78. The number of nitrogens with zero attached hydrogens (tertiary/aromatic N) is 1. The van der Waals surface area contributed by atoms with E-state index >= 15 is 0 Å². The van der Waals surface area contributed by atoms with Crippen molar-refractivity contribution >= 4 is 5.78 Å². The molecule has 0 unspecified atom stereocenters. The van der Waals surface area contributed by atoms with Gasteiger partial charge in [0.15, 0.2) is 5.78 Å². The third kappa shape index (κ3) is 4.43. The predicted octanol–water partition coefficient (Wildman–Crippen LogP) is 5.36. The van der Waals surface area contributed by atoms with E-state index in [2.05, 4.69) is 6.07 Å². The van der Waals surface area contributed by atoms with Crippen LogP contribution in [-0.2, 0) is 0 Å². The highest BCUT2D eigenvalue weighted by molar-refractivity contribution is 5.96. The summed E-state index contributed by atoms with van der Waals surface area (Å²) in [6.07, 6.45) is 0.267. The Morgan fingerprint density at radius 1 is 0.889 bits per heavy atom. The van der Waals surface area contributed by atoms with Gasteiger partial charge in [0.25, 0.3) is 0 Å². The van der Waals surface area contributed by atoms with E-state index in [1.54, 1.807) is 31.4 Å². The van der Waals surface area contributed by atoms with E-state index in [4.69, 9.17) is 4.74 Å². The van der Waals surface area contributed by atoms with Crippen molar-refractivity contribution in [1.29, 1.82) is 5.26 Å². The zero-order chi connectivity index (χ0) is 19.1. The normalized spacial score (nSPS) is 12.6. The van der Waals surface area contributed by atoms with Crippen LogP contribution in [0.4, 0.5) is 0 Å². The second kappa shape index (κ2) is 8.82. The SMILES string of the molecule is COc1ccc(C(=O)C[C@@H](c2ccccc2)[C@@H](C#N)c2ccccc2)cc1. The van der Waals surface area contributed by atoms with Crippen molar-refractivity contribution in [1.82, 2.24) is 0 Å². The van der Waals surface area contributed by atoms with Gasteiger partial charge in [-0.25, -0.2) is 0 Å². The average Bonchev–Trinajstić information content (AvgIpc) is 2.75. The molecule has 0 aliphatic heterocycles. The van der Waals surface area contributed by atoms with E-state index < -0.39 is 5.92 Å². The summed E-state index contributed by atoms with van der Waals surface area (Å²) in [5.41, 5.74) is 2.55. The first kappa shape index (κ1) is 18.4. The molecule has 0 amide bonds. The Morgan fingerprint density at radius 3 is 1.96 bits per heavy atom. The van der Waals surface area contributed by atoms with Crippen LogP contribution >= 0.6 is 0 Å². The predicted molar refractivity (Wildman–Crippen MR) is 106 cm³/mol. The van der Waals surface area contributed by atoms with Crippen molar-refractivity contribution in [2.75, 3.05) is 7.11 Å². The van der Waals surface area contributed by atoms with Crippen molar-refractivity contribution in [3.8, 4) is 11.8 Å². The maximum absolute atomic E-state index is 12.9. The first-order valence-electron chi connectivity index (χ1n) is 8.89. The summed E-state index contributed by atoms with van der Waals surface area (Å²) < 4.78 is 5.16. The van der Waals surface area contributed by atoms with Gasteiger partial charge in [-0.15, -0.1) is 0 Å². The summed E-state index contributed by atoms with van der Waals surface area (Å²) >= 11 is 0. The molecule has 0 saturated heterocycles. The number of carbonyl (C=O) groups is 1. The van der Waals surface area contributed by atoms with Crippen molar-refractivity contribution in [2.45, 2.75) is 18.3 Å². The van der Waals surface area contributed by atoms with Gasteiger partial charge < -0.3 is 4.74 Å². The van der Waals surface area contributed by atoms with Gasteiger partial charge in [0.05, 0.1) is 19.1 Å². The van der Waals surface area contributed by atoms with Crippen LogP contribution in [0.1, 0.15) is 39.7 Å². The van der Waals surface area contributed by atoms with Crippen molar-refractivity contribution < 1.29 is 9.53 Å². The van der Waals surface area contributed by atoms with Crippen LogP contribution in [0.15, 0.2) is 84.9 Å². The second-order valence-corrected chi connectivity index (χ2v) is 6.39. The summed E-state index contributed by atoms with van der Waals surface area (Å²) in [5, 5.41) is 9.89. The molecular formula is C24H21NO2. The van der Waals surface area contributed by atoms with E-state index in [0.717, 1.165) is 11.1 Å². The van der Waals surface area contributed by atoms with E-state index in [1.165, 1.54) is 0 Å². The minimum atomic E-state index is -0.393. The van der Waals surface area contributed by atoms with Gasteiger partial charge in [-0.1, -0.05) is 60.7 Å². The van der Waals surface area contributed by atoms with Gasteiger partial charge in [0.2, 0.25) is 0 Å². The zero-order valence-corrected chi connectivity index (χ0v) is 15.2. The number of hydrogen-bond acceptors (Lipinski definition) is 3. The van der Waals surface area contributed by atoms with Gasteiger partial charge >= 0.3 is 0 Å². The fourth-order valence-electron chi connectivity index (χ4n) is 3.28. The topological polar surface area (TPSA) is 50.1 Å². The Balaban J connectivity index is 1.92. The quantitative estimate of drug-likeness (QED) is 0.536. The molecule has 3 heteroatoms. The number of methoxy groups -OCH3 is 1. The Bertz CT molecular complexity index is 912. The van der Waals surface area contributed by atoms with Crippen LogP contribution in [0.5, 0.6) is 5.75 Å². The maximum atomic E-state index is 12.9.